The Morgan fingerprint density at radius 2 is 2.36 bits per heavy atom. The molecule has 0 aliphatic rings. The summed E-state index contributed by atoms with van der Waals surface area (Å²) in [5.74, 6) is 0.247. The van der Waals surface area contributed by atoms with E-state index < -0.39 is 0 Å². The van der Waals surface area contributed by atoms with Crippen LogP contribution in [0.15, 0.2) is 22.8 Å². The molecule has 0 saturated heterocycles. The normalized spacial score (nSPS) is 10.8. The fraction of sp³-hybridized carbons (Fsp3) is 0.111. The van der Waals surface area contributed by atoms with E-state index in [-0.39, 0.29) is 5.78 Å². The van der Waals surface area contributed by atoms with Crippen LogP contribution < -0.4 is 0 Å². The first-order chi connectivity index (χ1) is 6.61. The fourth-order valence-electron chi connectivity index (χ4n) is 1.30. The van der Waals surface area contributed by atoms with Gasteiger partial charge in [-0.2, -0.15) is 0 Å². The van der Waals surface area contributed by atoms with Crippen LogP contribution in [0.5, 0.6) is 0 Å². The Morgan fingerprint density at radius 3 is 3.00 bits per heavy atom. The molecule has 0 spiro atoms. The lowest BCUT2D eigenvalue weighted by Gasteiger charge is -1.97. The molecular weight excluding hydrogens is 267 g/mol. The molecule has 0 unspecified atom stereocenters. The van der Waals surface area contributed by atoms with Crippen molar-refractivity contribution in [1.82, 2.24) is 9.38 Å². The minimum atomic E-state index is -0.106. The van der Waals surface area contributed by atoms with Crippen LogP contribution in [0.25, 0.3) is 5.52 Å². The standard InChI is InChI=1S/C9H6BrClN2O/c1-5(14)9-12-8(11)7-6(10)3-2-4-13(7)9/h2-4H,1H3. The minimum Gasteiger partial charge on any atom is -0.295 e. The van der Waals surface area contributed by atoms with Gasteiger partial charge in [0.25, 0.3) is 0 Å². The molecule has 72 valence electrons. The van der Waals surface area contributed by atoms with Crippen molar-refractivity contribution in [2.24, 2.45) is 0 Å². The van der Waals surface area contributed by atoms with E-state index in [1.165, 1.54) is 6.92 Å². The first kappa shape index (κ1) is 9.68. The van der Waals surface area contributed by atoms with Crippen LogP contribution in [-0.4, -0.2) is 15.2 Å². The summed E-state index contributed by atoms with van der Waals surface area (Å²) in [6, 6.07) is 3.67. The van der Waals surface area contributed by atoms with E-state index in [0.717, 1.165) is 9.99 Å². The highest BCUT2D eigenvalue weighted by Crippen LogP contribution is 2.26. The average molecular weight is 274 g/mol. The monoisotopic (exact) mass is 272 g/mol. The lowest BCUT2D eigenvalue weighted by atomic mass is 10.4. The van der Waals surface area contributed by atoms with Crippen LogP contribution in [0.1, 0.15) is 17.5 Å². The third kappa shape index (κ3) is 1.35. The lowest BCUT2D eigenvalue weighted by molar-refractivity contribution is 0.100. The number of fused-ring (bicyclic) bond motifs is 1. The summed E-state index contributed by atoms with van der Waals surface area (Å²) in [5.41, 5.74) is 0.722. The number of pyridine rings is 1. The molecule has 14 heavy (non-hydrogen) atoms. The van der Waals surface area contributed by atoms with E-state index in [0.29, 0.717) is 11.0 Å². The summed E-state index contributed by atoms with van der Waals surface area (Å²) in [6.07, 6.45) is 1.76. The van der Waals surface area contributed by atoms with E-state index >= 15 is 0 Å². The molecule has 0 N–H and O–H groups in total. The second-order valence-electron chi connectivity index (χ2n) is 2.86. The van der Waals surface area contributed by atoms with Crippen LogP contribution in [0, 0.1) is 0 Å². The van der Waals surface area contributed by atoms with Gasteiger partial charge in [0.05, 0.1) is 5.52 Å². The summed E-state index contributed by atoms with van der Waals surface area (Å²) in [7, 11) is 0. The van der Waals surface area contributed by atoms with Gasteiger partial charge in [-0.3, -0.25) is 9.20 Å². The first-order valence-electron chi connectivity index (χ1n) is 3.94. The maximum absolute atomic E-state index is 11.2. The van der Waals surface area contributed by atoms with Gasteiger partial charge >= 0.3 is 0 Å². The van der Waals surface area contributed by atoms with Gasteiger partial charge in [0.2, 0.25) is 0 Å². The van der Waals surface area contributed by atoms with Crippen LogP contribution in [0.3, 0.4) is 0 Å². The predicted molar refractivity (Wildman–Crippen MR) is 57.9 cm³/mol. The molecule has 3 nitrogen and oxygen atoms in total. The SMILES string of the molecule is CC(=O)c1nc(Cl)c2c(Br)cccn12. The highest BCUT2D eigenvalue weighted by molar-refractivity contribution is 9.10. The quantitative estimate of drug-likeness (QED) is 0.749. The summed E-state index contributed by atoms with van der Waals surface area (Å²) in [5, 5.41) is 0.336. The van der Waals surface area contributed by atoms with Gasteiger partial charge in [-0.1, -0.05) is 11.6 Å². The van der Waals surface area contributed by atoms with Crippen LogP contribution in [0.2, 0.25) is 5.15 Å². The number of ketones is 1. The highest BCUT2D eigenvalue weighted by atomic mass is 79.9. The topological polar surface area (TPSA) is 34.4 Å². The second-order valence-corrected chi connectivity index (χ2v) is 4.07. The fourth-order valence-corrected chi connectivity index (χ4v) is 2.22. The van der Waals surface area contributed by atoms with E-state index in [9.17, 15) is 4.79 Å². The maximum atomic E-state index is 11.2. The predicted octanol–water partition coefficient (Wildman–Crippen LogP) is 2.95. The number of hydrogen-bond acceptors (Lipinski definition) is 2. The molecule has 2 rings (SSSR count). The van der Waals surface area contributed by atoms with Crippen LogP contribution >= 0.6 is 27.5 Å². The van der Waals surface area contributed by atoms with Crippen LogP contribution in [0.4, 0.5) is 0 Å². The average Bonchev–Trinajstić information content (AvgIpc) is 2.45. The van der Waals surface area contributed by atoms with Crippen molar-refractivity contribution in [2.75, 3.05) is 0 Å². The number of aromatic nitrogens is 2. The molecule has 2 aromatic rings. The lowest BCUT2D eigenvalue weighted by Crippen LogP contribution is -1.99. The van der Waals surface area contributed by atoms with Gasteiger partial charge in [-0.15, -0.1) is 0 Å². The number of nitrogens with zero attached hydrogens (tertiary/aromatic N) is 2. The molecule has 0 saturated carbocycles. The number of halogens is 2. The largest absolute Gasteiger partial charge is 0.295 e. The number of imidazole rings is 1. The summed E-state index contributed by atoms with van der Waals surface area (Å²) >= 11 is 9.27. The van der Waals surface area contributed by atoms with Crippen molar-refractivity contribution in [3.05, 3.63) is 33.8 Å². The van der Waals surface area contributed by atoms with Gasteiger partial charge in [0, 0.05) is 17.6 Å². The number of Topliss-reactive ketones (excluding diaryl/α,β-unsaturated/α-hetero) is 1. The zero-order chi connectivity index (χ0) is 10.3. The van der Waals surface area contributed by atoms with Gasteiger partial charge in [-0.05, 0) is 28.1 Å². The second kappa shape index (κ2) is 3.37. The summed E-state index contributed by atoms with van der Waals surface area (Å²) in [6.45, 7) is 1.46. The highest BCUT2D eigenvalue weighted by Gasteiger charge is 2.14. The van der Waals surface area contributed by atoms with Crippen molar-refractivity contribution in [2.45, 2.75) is 6.92 Å². The maximum Gasteiger partial charge on any atom is 0.195 e. The Kier molecular flexibility index (Phi) is 2.33. The van der Waals surface area contributed by atoms with Crippen molar-refractivity contribution in [1.29, 1.82) is 0 Å². The third-order valence-electron chi connectivity index (χ3n) is 1.89. The third-order valence-corrected chi connectivity index (χ3v) is 2.79. The molecule has 2 heterocycles. The molecule has 0 aliphatic carbocycles. The van der Waals surface area contributed by atoms with E-state index in [4.69, 9.17) is 11.6 Å². The van der Waals surface area contributed by atoms with Crippen molar-refractivity contribution < 1.29 is 4.79 Å². The Balaban J connectivity index is 2.91. The molecule has 0 bridgehead atoms. The molecule has 5 heteroatoms. The van der Waals surface area contributed by atoms with Gasteiger partial charge < -0.3 is 0 Å². The van der Waals surface area contributed by atoms with Gasteiger partial charge in [-0.25, -0.2) is 4.98 Å². The smallest absolute Gasteiger partial charge is 0.195 e. The molecule has 0 atom stereocenters. The molecule has 2 aromatic heterocycles. The first-order valence-corrected chi connectivity index (χ1v) is 5.11. The summed E-state index contributed by atoms with van der Waals surface area (Å²) in [4.78, 5) is 15.2. The van der Waals surface area contributed by atoms with Crippen molar-refractivity contribution in [3.63, 3.8) is 0 Å². The number of carbonyl (C=O) groups is 1. The Hall–Kier alpha value is -0.870. The van der Waals surface area contributed by atoms with Gasteiger partial charge in [0.1, 0.15) is 0 Å². The van der Waals surface area contributed by atoms with Crippen molar-refractivity contribution >= 4 is 38.8 Å². The molecule has 0 aromatic carbocycles. The number of rotatable bonds is 1. The van der Waals surface area contributed by atoms with E-state index in [1.54, 1.807) is 10.6 Å². The number of carbonyl (C=O) groups excluding carboxylic acids is 1. The van der Waals surface area contributed by atoms with E-state index in [2.05, 4.69) is 20.9 Å². The zero-order valence-electron chi connectivity index (χ0n) is 7.29. The van der Waals surface area contributed by atoms with E-state index in [1.807, 2.05) is 12.1 Å². The summed E-state index contributed by atoms with van der Waals surface area (Å²) < 4.78 is 2.50. The molecule has 0 fully saturated rings. The number of hydrogen-bond donors (Lipinski definition) is 0. The van der Waals surface area contributed by atoms with Crippen LogP contribution in [-0.2, 0) is 0 Å². The molecule has 0 radical (unpaired) electrons. The van der Waals surface area contributed by atoms with Crippen molar-refractivity contribution in [3.8, 4) is 0 Å². The zero-order valence-corrected chi connectivity index (χ0v) is 9.63. The Bertz CT molecular complexity index is 521. The molecular formula is C9H6BrClN2O. The molecule has 0 amide bonds. The minimum absolute atomic E-state index is 0.106. The Morgan fingerprint density at radius 1 is 1.64 bits per heavy atom. The Labute approximate surface area is 93.8 Å². The van der Waals surface area contributed by atoms with Gasteiger partial charge in [0.15, 0.2) is 16.8 Å². The molecule has 0 aliphatic heterocycles.